The average molecular weight is 423 g/mol. The summed E-state index contributed by atoms with van der Waals surface area (Å²) in [6.45, 7) is 6.10. The van der Waals surface area contributed by atoms with Crippen molar-refractivity contribution in [2.45, 2.75) is 39.3 Å². The number of allylic oxidation sites excluding steroid dienone is 2. The Balaban J connectivity index is 1.72. The Hall–Kier alpha value is -2.86. The molecule has 2 aliphatic heterocycles. The van der Waals surface area contributed by atoms with Crippen LogP contribution in [0.1, 0.15) is 44.1 Å². The standard InChI is InChI=1S/C25H30N2O4/c1-17-9-11-26(12-10-17)24(19-6-4-7-20(15-19)30-3)23-22(28)14-18(2)27(25(23)29)16-21-8-5-13-31-21/h4-8,13-15,17,23-24H,9-12,16H2,1-3H3. The smallest absolute Gasteiger partial charge is 0.240 e. The third-order valence-electron chi connectivity index (χ3n) is 6.47. The lowest BCUT2D eigenvalue weighted by atomic mass is 9.83. The van der Waals surface area contributed by atoms with Gasteiger partial charge in [-0.3, -0.25) is 14.5 Å². The van der Waals surface area contributed by atoms with E-state index in [1.54, 1.807) is 37.3 Å². The number of furan rings is 1. The number of carbonyl (C=O) groups is 2. The lowest BCUT2D eigenvalue weighted by molar-refractivity contribution is -0.144. The van der Waals surface area contributed by atoms with Crippen molar-refractivity contribution >= 4 is 11.7 Å². The first-order valence-corrected chi connectivity index (χ1v) is 10.9. The maximum Gasteiger partial charge on any atom is 0.240 e. The van der Waals surface area contributed by atoms with E-state index in [0.717, 1.165) is 37.2 Å². The Bertz CT molecular complexity index is 958. The van der Waals surface area contributed by atoms with Crippen LogP contribution in [0.4, 0.5) is 0 Å². The Labute approximate surface area is 183 Å². The molecule has 3 heterocycles. The number of hydrogen-bond donors (Lipinski definition) is 0. The van der Waals surface area contributed by atoms with Crippen molar-refractivity contribution in [2.75, 3.05) is 20.2 Å². The summed E-state index contributed by atoms with van der Waals surface area (Å²) in [4.78, 5) is 30.9. The van der Waals surface area contributed by atoms with Gasteiger partial charge in [0.05, 0.1) is 26.0 Å². The Morgan fingerprint density at radius 3 is 2.61 bits per heavy atom. The van der Waals surface area contributed by atoms with E-state index in [9.17, 15) is 9.59 Å². The van der Waals surface area contributed by atoms with E-state index in [-0.39, 0.29) is 17.7 Å². The number of likely N-dealkylation sites (tertiary alicyclic amines) is 1. The normalized spacial score (nSPS) is 21.8. The average Bonchev–Trinajstić information content (AvgIpc) is 3.28. The maximum atomic E-state index is 13.7. The van der Waals surface area contributed by atoms with Gasteiger partial charge >= 0.3 is 0 Å². The molecule has 6 heteroatoms. The molecule has 164 valence electrons. The van der Waals surface area contributed by atoms with Gasteiger partial charge in [0.25, 0.3) is 0 Å². The molecule has 0 bridgehead atoms. The second-order valence-electron chi connectivity index (χ2n) is 8.61. The summed E-state index contributed by atoms with van der Waals surface area (Å²) in [6.07, 6.45) is 5.31. The summed E-state index contributed by atoms with van der Waals surface area (Å²) >= 11 is 0. The molecule has 1 aromatic carbocycles. The van der Waals surface area contributed by atoms with Gasteiger partial charge < -0.3 is 14.1 Å². The van der Waals surface area contributed by atoms with Crippen molar-refractivity contribution in [3.63, 3.8) is 0 Å². The van der Waals surface area contributed by atoms with E-state index >= 15 is 0 Å². The molecule has 31 heavy (non-hydrogen) atoms. The van der Waals surface area contributed by atoms with Crippen molar-refractivity contribution in [2.24, 2.45) is 11.8 Å². The molecule has 1 fully saturated rings. The molecule has 2 unspecified atom stereocenters. The van der Waals surface area contributed by atoms with Crippen LogP contribution in [0.2, 0.25) is 0 Å². The number of rotatable bonds is 6. The zero-order chi connectivity index (χ0) is 22.0. The third-order valence-corrected chi connectivity index (χ3v) is 6.47. The highest BCUT2D eigenvalue weighted by molar-refractivity contribution is 6.10. The number of hydrogen-bond acceptors (Lipinski definition) is 5. The largest absolute Gasteiger partial charge is 0.497 e. The van der Waals surface area contributed by atoms with Gasteiger partial charge in [0.15, 0.2) is 5.78 Å². The molecule has 2 aromatic rings. The van der Waals surface area contributed by atoms with Crippen molar-refractivity contribution in [1.82, 2.24) is 9.80 Å². The van der Waals surface area contributed by atoms with Crippen LogP contribution in [0, 0.1) is 11.8 Å². The molecular formula is C25H30N2O4. The van der Waals surface area contributed by atoms with Crippen molar-refractivity contribution in [3.05, 3.63) is 65.8 Å². The van der Waals surface area contributed by atoms with E-state index in [1.807, 2.05) is 30.3 Å². The molecule has 4 rings (SSSR count). The zero-order valence-electron chi connectivity index (χ0n) is 18.4. The van der Waals surface area contributed by atoms with Crippen LogP contribution in [-0.2, 0) is 16.1 Å². The maximum absolute atomic E-state index is 13.7. The van der Waals surface area contributed by atoms with Crippen molar-refractivity contribution in [3.8, 4) is 5.75 Å². The van der Waals surface area contributed by atoms with Crippen molar-refractivity contribution in [1.29, 1.82) is 0 Å². The highest BCUT2D eigenvalue weighted by atomic mass is 16.5. The van der Waals surface area contributed by atoms with Gasteiger partial charge in [-0.15, -0.1) is 0 Å². The molecule has 0 N–H and O–H groups in total. The lowest BCUT2D eigenvalue weighted by Crippen LogP contribution is -2.50. The van der Waals surface area contributed by atoms with E-state index in [0.29, 0.717) is 23.9 Å². The molecule has 0 spiro atoms. The lowest BCUT2D eigenvalue weighted by Gasteiger charge is -2.42. The summed E-state index contributed by atoms with van der Waals surface area (Å²) < 4.78 is 10.9. The highest BCUT2D eigenvalue weighted by Gasteiger charge is 2.44. The topological polar surface area (TPSA) is 63.0 Å². The predicted octanol–water partition coefficient (Wildman–Crippen LogP) is 4.19. The number of amides is 1. The fraction of sp³-hybridized carbons (Fsp3) is 0.440. The first-order chi connectivity index (χ1) is 15.0. The number of ether oxygens (including phenoxy) is 1. The summed E-state index contributed by atoms with van der Waals surface area (Å²) in [6, 6.07) is 11.1. The van der Waals surface area contributed by atoms with E-state index in [4.69, 9.17) is 9.15 Å². The molecule has 1 amide bonds. The molecule has 1 saturated heterocycles. The summed E-state index contributed by atoms with van der Waals surface area (Å²) in [5.41, 5.74) is 1.59. The molecule has 1 aromatic heterocycles. The minimum Gasteiger partial charge on any atom is -0.497 e. The van der Waals surface area contributed by atoms with Crippen molar-refractivity contribution < 1.29 is 18.7 Å². The SMILES string of the molecule is COc1cccc(C(C2C(=O)C=C(C)N(Cc3ccco3)C2=O)N2CCC(C)CC2)c1. The molecule has 0 radical (unpaired) electrons. The van der Waals surface area contributed by atoms with Gasteiger partial charge in [0.1, 0.15) is 17.4 Å². The minimum atomic E-state index is -0.792. The minimum absolute atomic E-state index is 0.135. The summed E-state index contributed by atoms with van der Waals surface area (Å²) in [7, 11) is 1.63. The number of benzene rings is 1. The van der Waals surface area contributed by atoms with Crippen LogP contribution in [-0.4, -0.2) is 41.7 Å². The van der Waals surface area contributed by atoms with Crippen LogP contribution in [0.15, 0.2) is 58.9 Å². The third kappa shape index (κ3) is 4.44. The molecule has 2 aliphatic rings. The highest BCUT2D eigenvalue weighted by Crippen LogP contribution is 2.38. The van der Waals surface area contributed by atoms with Gasteiger partial charge in [-0.25, -0.2) is 0 Å². The molecule has 6 nitrogen and oxygen atoms in total. The number of methoxy groups -OCH3 is 1. The summed E-state index contributed by atoms with van der Waals surface area (Å²) in [5.74, 6) is 0.968. The van der Waals surface area contributed by atoms with Gasteiger partial charge in [0, 0.05) is 11.8 Å². The number of piperidine rings is 1. The van der Waals surface area contributed by atoms with Crippen LogP contribution in [0.3, 0.4) is 0 Å². The van der Waals surface area contributed by atoms with Gasteiger partial charge in [-0.05, 0) is 68.6 Å². The van der Waals surface area contributed by atoms with Gasteiger partial charge in [-0.2, -0.15) is 0 Å². The Morgan fingerprint density at radius 1 is 1.16 bits per heavy atom. The fourth-order valence-electron chi connectivity index (χ4n) is 4.63. The zero-order valence-corrected chi connectivity index (χ0v) is 18.4. The second kappa shape index (κ2) is 9.10. The number of nitrogens with zero attached hydrogens (tertiary/aromatic N) is 2. The van der Waals surface area contributed by atoms with E-state index < -0.39 is 5.92 Å². The summed E-state index contributed by atoms with van der Waals surface area (Å²) in [5, 5.41) is 0. The van der Waals surface area contributed by atoms with Crippen LogP contribution < -0.4 is 4.74 Å². The molecule has 0 aliphatic carbocycles. The number of ketones is 1. The van der Waals surface area contributed by atoms with E-state index in [2.05, 4.69) is 11.8 Å². The fourth-order valence-corrected chi connectivity index (χ4v) is 4.63. The molecule has 0 saturated carbocycles. The first-order valence-electron chi connectivity index (χ1n) is 10.9. The van der Waals surface area contributed by atoms with Crippen LogP contribution >= 0.6 is 0 Å². The quantitative estimate of drug-likeness (QED) is 0.653. The van der Waals surface area contributed by atoms with Gasteiger partial charge in [0.2, 0.25) is 5.91 Å². The van der Waals surface area contributed by atoms with Crippen LogP contribution in [0.5, 0.6) is 5.75 Å². The second-order valence-corrected chi connectivity index (χ2v) is 8.61. The Morgan fingerprint density at radius 2 is 1.94 bits per heavy atom. The van der Waals surface area contributed by atoms with Gasteiger partial charge in [-0.1, -0.05) is 19.1 Å². The van der Waals surface area contributed by atoms with Crippen LogP contribution in [0.25, 0.3) is 0 Å². The number of carbonyl (C=O) groups excluding carboxylic acids is 2. The monoisotopic (exact) mass is 422 g/mol. The predicted molar refractivity (Wildman–Crippen MR) is 117 cm³/mol. The van der Waals surface area contributed by atoms with E-state index in [1.165, 1.54) is 0 Å². The first kappa shape index (κ1) is 21.4. The Kier molecular flexibility index (Phi) is 6.28. The molecular weight excluding hydrogens is 392 g/mol. The molecule has 2 atom stereocenters.